The Labute approximate surface area is 143 Å². The fraction of sp³-hybridized carbons (Fsp3) is 0.529. The second kappa shape index (κ2) is 6.01. The Hall–Kier alpha value is -2.09. The molecule has 0 aliphatic heterocycles. The minimum atomic E-state index is -4.39. The topological polar surface area (TPSA) is 66.0 Å². The number of aromatic nitrogens is 3. The van der Waals surface area contributed by atoms with Gasteiger partial charge in [-0.25, -0.2) is 0 Å². The standard InChI is InChI=1S/C17H19F3N4O/c18-17(19,20)11-2-1-3-14(8-11)25-9-15-22-23-16(10-6-12(21)7-10)24(15)13-4-5-13/h1-3,8,10,12-13H,4-7,9,21H2. The first-order chi connectivity index (χ1) is 11.9. The Morgan fingerprint density at radius 3 is 2.60 bits per heavy atom. The van der Waals surface area contributed by atoms with E-state index in [0.717, 1.165) is 43.6 Å². The maximum Gasteiger partial charge on any atom is 0.416 e. The van der Waals surface area contributed by atoms with Gasteiger partial charge in [0.05, 0.1) is 5.56 Å². The highest BCUT2D eigenvalue weighted by Crippen LogP contribution is 2.42. The average molecular weight is 352 g/mol. The molecule has 0 unspecified atom stereocenters. The van der Waals surface area contributed by atoms with E-state index in [1.54, 1.807) is 0 Å². The highest BCUT2D eigenvalue weighted by atomic mass is 19.4. The number of halogens is 3. The van der Waals surface area contributed by atoms with Gasteiger partial charge in [-0.1, -0.05) is 6.07 Å². The Balaban J connectivity index is 1.50. The molecule has 2 aliphatic rings. The molecule has 0 atom stereocenters. The van der Waals surface area contributed by atoms with Crippen LogP contribution in [0.1, 0.15) is 54.9 Å². The maximum atomic E-state index is 12.8. The van der Waals surface area contributed by atoms with Gasteiger partial charge in [-0.2, -0.15) is 13.2 Å². The number of hydrogen-bond donors (Lipinski definition) is 1. The van der Waals surface area contributed by atoms with Crippen LogP contribution >= 0.6 is 0 Å². The molecule has 1 aromatic carbocycles. The van der Waals surface area contributed by atoms with E-state index >= 15 is 0 Å². The smallest absolute Gasteiger partial charge is 0.416 e. The van der Waals surface area contributed by atoms with Crippen molar-refractivity contribution in [1.29, 1.82) is 0 Å². The summed E-state index contributed by atoms with van der Waals surface area (Å²) in [6, 6.07) is 5.48. The summed E-state index contributed by atoms with van der Waals surface area (Å²) in [7, 11) is 0. The van der Waals surface area contributed by atoms with E-state index in [-0.39, 0.29) is 18.4 Å². The molecule has 134 valence electrons. The molecule has 0 bridgehead atoms. The molecule has 4 rings (SSSR count). The SMILES string of the molecule is NC1CC(c2nnc(COc3cccc(C(F)(F)F)c3)n2C2CC2)C1. The molecule has 2 N–H and O–H groups in total. The van der Waals surface area contributed by atoms with Crippen LogP contribution in [0.3, 0.4) is 0 Å². The number of alkyl halides is 3. The van der Waals surface area contributed by atoms with Gasteiger partial charge in [0.15, 0.2) is 5.82 Å². The van der Waals surface area contributed by atoms with Gasteiger partial charge in [-0.15, -0.1) is 10.2 Å². The first-order valence-electron chi connectivity index (χ1n) is 8.41. The summed E-state index contributed by atoms with van der Waals surface area (Å²) in [4.78, 5) is 0. The highest BCUT2D eigenvalue weighted by Gasteiger charge is 2.37. The van der Waals surface area contributed by atoms with Crippen LogP contribution in [0.15, 0.2) is 24.3 Å². The third kappa shape index (κ3) is 3.35. The molecule has 2 saturated carbocycles. The van der Waals surface area contributed by atoms with Crippen LogP contribution in [0.5, 0.6) is 5.75 Å². The Morgan fingerprint density at radius 2 is 1.96 bits per heavy atom. The predicted octanol–water partition coefficient (Wildman–Crippen LogP) is 3.42. The summed E-state index contributed by atoms with van der Waals surface area (Å²) >= 11 is 0. The van der Waals surface area contributed by atoms with E-state index in [4.69, 9.17) is 10.5 Å². The lowest BCUT2D eigenvalue weighted by Crippen LogP contribution is -2.36. The molecule has 0 saturated heterocycles. The van der Waals surface area contributed by atoms with Gasteiger partial charge in [0.1, 0.15) is 18.2 Å². The van der Waals surface area contributed by atoms with Crippen molar-refractivity contribution < 1.29 is 17.9 Å². The normalized spacial score (nSPS) is 23.4. The third-order valence-corrected chi connectivity index (χ3v) is 4.77. The minimum Gasteiger partial charge on any atom is -0.486 e. The summed E-state index contributed by atoms with van der Waals surface area (Å²) in [6.45, 7) is 0.101. The second-order valence-corrected chi connectivity index (χ2v) is 6.82. The van der Waals surface area contributed by atoms with Crippen LogP contribution in [0, 0.1) is 0 Å². The van der Waals surface area contributed by atoms with Crippen molar-refractivity contribution in [3.8, 4) is 5.75 Å². The number of ether oxygens (including phenoxy) is 1. The number of hydrogen-bond acceptors (Lipinski definition) is 4. The van der Waals surface area contributed by atoms with Crippen molar-refractivity contribution in [2.75, 3.05) is 0 Å². The lowest BCUT2D eigenvalue weighted by molar-refractivity contribution is -0.137. The summed E-state index contributed by atoms with van der Waals surface area (Å²) < 4.78 is 46.0. The third-order valence-electron chi connectivity index (χ3n) is 4.77. The van der Waals surface area contributed by atoms with Crippen LogP contribution in [-0.2, 0) is 12.8 Å². The van der Waals surface area contributed by atoms with Gasteiger partial charge in [0.25, 0.3) is 0 Å². The molecule has 1 heterocycles. The van der Waals surface area contributed by atoms with E-state index in [1.807, 2.05) is 0 Å². The molecule has 0 radical (unpaired) electrons. The quantitative estimate of drug-likeness (QED) is 0.895. The summed E-state index contributed by atoms with van der Waals surface area (Å²) in [5.41, 5.74) is 5.14. The molecule has 5 nitrogen and oxygen atoms in total. The van der Waals surface area contributed by atoms with Crippen molar-refractivity contribution in [3.05, 3.63) is 41.5 Å². The van der Waals surface area contributed by atoms with Crippen molar-refractivity contribution >= 4 is 0 Å². The number of nitrogens with zero attached hydrogens (tertiary/aromatic N) is 3. The van der Waals surface area contributed by atoms with Crippen LogP contribution < -0.4 is 10.5 Å². The Bertz CT molecular complexity index is 763. The number of benzene rings is 1. The van der Waals surface area contributed by atoms with Crippen molar-refractivity contribution in [3.63, 3.8) is 0 Å². The molecule has 0 amide bonds. The van der Waals surface area contributed by atoms with E-state index < -0.39 is 11.7 Å². The van der Waals surface area contributed by atoms with E-state index in [2.05, 4.69) is 14.8 Å². The van der Waals surface area contributed by atoms with E-state index in [9.17, 15) is 13.2 Å². The van der Waals surface area contributed by atoms with Crippen molar-refractivity contribution in [2.45, 2.75) is 56.5 Å². The molecule has 8 heteroatoms. The number of rotatable bonds is 5. The Morgan fingerprint density at radius 1 is 1.20 bits per heavy atom. The van der Waals surface area contributed by atoms with Gasteiger partial charge in [0, 0.05) is 18.0 Å². The first-order valence-corrected chi connectivity index (χ1v) is 8.41. The molecule has 2 fully saturated rings. The lowest BCUT2D eigenvalue weighted by Gasteiger charge is -2.31. The van der Waals surface area contributed by atoms with Gasteiger partial charge in [-0.3, -0.25) is 0 Å². The van der Waals surface area contributed by atoms with Crippen molar-refractivity contribution in [1.82, 2.24) is 14.8 Å². The van der Waals surface area contributed by atoms with Crippen LogP contribution in [0.2, 0.25) is 0 Å². The van der Waals surface area contributed by atoms with Crippen LogP contribution in [0.4, 0.5) is 13.2 Å². The highest BCUT2D eigenvalue weighted by molar-refractivity contribution is 5.30. The fourth-order valence-corrected chi connectivity index (χ4v) is 3.23. The predicted molar refractivity (Wildman–Crippen MR) is 84.0 cm³/mol. The van der Waals surface area contributed by atoms with E-state index in [1.165, 1.54) is 12.1 Å². The molecular weight excluding hydrogens is 333 g/mol. The summed E-state index contributed by atoms with van der Waals surface area (Å²) in [5, 5.41) is 8.52. The largest absolute Gasteiger partial charge is 0.486 e. The molecule has 1 aromatic heterocycles. The zero-order chi connectivity index (χ0) is 17.6. The summed E-state index contributed by atoms with van der Waals surface area (Å²) in [5.74, 6) is 2.10. The molecule has 2 aliphatic carbocycles. The van der Waals surface area contributed by atoms with Gasteiger partial charge in [-0.05, 0) is 43.9 Å². The van der Waals surface area contributed by atoms with Gasteiger partial charge >= 0.3 is 6.18 Å². The molecule has 0 spiro atoms. The van der Waals surface area contributed by atoms with Crippen molar-refractivity contribution in [2.24, 2.45) is 5.73 Å². The lowest BCUT2D eigenvalue weighted by atomic mass is 9.80. The summed E-state index contributed by atoms with van der Waals surface area (Å²) in [6.07, 6.45) is -0.441. The molecule has 25 heavy (non-hydrogen) atoms. The Kier molecular flexibility index (Phi) is 3.94. The molecule has 2 aromatic rings. The monoisotopic (exact) mass is 352 g/mol. The maximum absolute atomic E-state index is 12.8. The first kappa shape index (κ1) is 16.4. The van der Waals surface area contributed by atoms with Gasteiger partial charge < -0.3 is 15.0 Å². The number of nitrogens with two attached hydrogens (primary N) is 1. The second-order valence-electron chi connectivity index (χ2n) is 6.82. The zero-order valence-corrected chi connectivity index (χ0v) is 13.5. The zero-order valence-electron chi connectivity index (χ0n) is 13.5. The van der Waals surface area contributed by atoms with Crippen LogP contribution in [-0.4, -0.2) is 20.8 Å². The minimum absolute atomic E-state index is 0.101. The average Bonchev–Trinajstić information content (AvgIpc) is 3.29. The molecular formula is C17H19F3N4O. The van der Waals surface area contributed by atoms with E-state index in [0.29, 0.717) is 17.8 Å². The fourth-order valence-electron chi connectivity index (χ4n) is 3.23. The van der Waals surface area contributed by atoms with Crippen LogP contribution in [0.25, 0.3) is 0 Å². The van der Waals surface area contributed by atoms with Gasteiger partial charge in [0.2, 0.25) is 0 Å².